The minimum absolute atomic E-state index is 0.0366. The van der Waals surface area contributed by atoms with Crippen LogP contribution in [0, 0.1) is 5.82 Å². The average Bonchev–Trinajstić information content (AvgIpc) is 2.90. The third kappa shape index (κ3) is 8.87. The Kier molecular flexibility index (Phi) is 10.8. The Bertz CT molecular complexity index is 1320. The van der Waals surface area contributed by atoms with Crippen molar-refractivity contribution in [2.45, 2.75) is 44.8 Å². The van der Waals surface area contributed by atoms with Crippen LogP contribution in [0.25, 0.3) is 11.1 Å². The average molecular weight is 581 g/mol. The van der Waals surface area contributed by atoms with Gasteiger partial charge in [-0.1, -0.05) is 37.4 Å². The summed E-state index contributed by atoms with van der Waals surface area (Å²) in [5.74, 6) is -1.97. The van der Waals surface area contributed by atoms with Crippen molar-refractivity contribution in [2.75, 3.05) is 18.5 Å². The summed E-state index contributed by atoms with van der Waals surface area (Å²) in [6.45, 7) is 2.37. The lowest BCUT2D eigenvalue weighted by atomic mass is 10.0. The maximum absolute atomic E-state index is 14.4. The van der Waals surface area contributed by atoms with Gasteiger partial charge in [0.15, 0.2) is 0 Å². The van der Waals surface area contributed by atoms with E-state index in [0.717, 1.165) is 37.1 Å². The number of carbonyl (C=O) groups is 2. The number of ether oxygens (including phenoxy) is 1. The molecule has 0 radical (unpaired) electrons. The number of halogens is 5. The Labute approximate surface area is 234 Å². The Hall–Kier alpha value is -3.79. The van der Waals surface area contributed by atoms with Crippen LogP contribution < -0.4 is 15.4 Å². The van der Waals surface area contributed by atoms with Crippen molar-refractivity contribution in [3.05, 3.63) is 82.6 Å². The predicted molar refractivity (Wildman–Crippen MR) is 145 cm³/mol. The van der Waals surface area contributed by atoms with Crippen LogP contribution in [-0.2, 0) is 11.0 Å². The maximum atomic E-state index is 14.4. The topological polar surface area (TPSA) is 87.7 Å². The number of carboxylic acid groups (broad SMARTS) is 1. The highest BCUT2D eigenvalue weighted by molar-refractivity contribution is 6.33. The van der Waals surface area contributed by atoms with E-state index in [1.165, 1.54) is 12.1 Å². The largest absolute Gasteiger partial charge is 0.491 e. The fourth-order valence-corrected chi connectivity index (χ4v) is 4.17. The van der Waals surface area contributed by atoms with Crippen LogP contribution >= 0.6 is 11.6 Å². The second kappa shape index (κ2) is 14.0. The zero-order valence-electron chi connectivity index (χ0n) is 21.7. The van der Waals surface area contributed by atoms with Gasteiger partial charge in [-0.15, -0.1) is 0 Å². The molecular formula is C29H29ClF4N2O4. The lowest BCUT2D eigenvalue weighted by molar-refractivity contribution is -0.138. The fraction of sp³-hybridized carbons (Fsp3) is 0.310. The van der Waals surface area contributed by atoms with E-state index in [1.807, 2.05) is 0 Å². The van der Waals surface area contributed by atoms with Gasteiger partial charge in [0.05, 0.1) is 23.0 Å². The molecule has 0 saturated heterocycles. The second-order valence-electron chi connectivity index (χ2n) is 9.11. The molecule has 1 amide bonds. The van der Waals surface area contributed by atoms with Crippen molar-refractivity contribution in [3.63, 3.8) is 0 Å². The van der Waals surface area contributed by atoms with Gasteiger partial charge in [0, 0.05) is 28.9 Å². The summed E-state index contributed by atoms with van der Waals surface area (Å²) in [4.78, 5) is 22.8. The quantitative estimate of drug-likeness (QED) is 0.183. The van der Waals surface area contributed by atoms with Gasteiger partial charge in [-0.05, 0) is 61.0 Å². The van der Waals surface area contributed by atoms with Crippen LogP contribution in [0.2, 0.25) is 5.02 Å². The number of alkyl halides is 3. The first kappa shape index (κ1) is 30.7. The first-order valence-electron chi connectivity index (χ1n) is 12.6. The first-order valence-corrected chi connectivity index (χ1v) is 13.0. The van der Waals surface area contributed by atoms with Gasteiger partial charge in [-0.2, -0.15) is 13.2 Å². The lowest BCUT2D eigenvalue weighted by Gasteiger charge is -2.21. The molecule has 0 bridgehead atoms. The summed E-state index contributed by atoms with van der Waals surface area (Å²) in [5.41, 5.74) is 0.276. The zero-order valence-corrected chi connectivity index (χ0v) is 22.4. The van der Waals surface area contributed by atoms with Gasteiger partial charge in [-0.25, -0.2) is 4.39 Å². The van der Waals surface area contributed by atoms with E-state index < -0.39 is 23.5 Å². The fourth-order valence-electron chi connectivity index (χ4n) is 3.90. The normalized spacial score (nSPS) is 12.1. The SMILES string of the molecule is CCCC[C@@H](COc1ccc(-c2ccc(C(F)(F)F)cc2F)c(Cl)c1)Nc1ccc(C(=O)NCCC(=O)O)cc1. The maximum Gasteiger partial charge on any atom is 0.416 e. The number of aliphatic carboxylic acids is 1. The smallest absolute Gasteiger partial charge is 0.416 e. The molecule has 0 heterocycles. The van der Waals surface area contributed by atoms with Crippen molar-refractivity contribution in [2.24, 2.45) is 0 Å². The van der Waals surface area contributed by atoms with Crippen LogP contribution in [0.5, 0.6) is 5.75 Å². The summed E-state index contributed by atoms with van der Waals surface area (Å²) >= 11 is 6.34. The summed E-state index contributed by atoms with van der Waals surface area (Å²) in [6, 6.07) is 13.5. The van der Waals surface area contributed by atoms with Crippen molar-refractivity contribution in [3.8, 4) is 16.9 Å². The molecule has 0 unspecified atom stereocenters. The Morgan fingerprint density at radius 1 is 1.02 bits per heavy atom. The van der Waals surface area contributed by atoms with Gasteiger partial charge < -0.3 is 20.5 Å². The molecule has 0 spiro atoms. The molecule has 6 nitrogen and oxygen atoms in total. The zero-order chi connectivity index (χ0) is 29.3. The highest BCUT2D eigenvalue weighted by atomic mass is 35.5. The number of carbonyl (C=O) groups excluding carboxylic acids is 1. The van der Waals surface area contributed by atoms with Gasteiger partial charge >= 0.3 is 12.1 Å². The summed E-state index contributed by atoms with van der Waals surface area (Å²) in [7, 11) is 0. The molecule has 0 aliphatic rings. The van der Waals surface area contributed by atoms with Crippen LogP contribution in [0.15, 0.2) is 60.7 Å². The minimum atomic E-state index is -4.65. The van der Waals surface area contributed by atoms with E-state index in [9.17, 15) is 27.2 Å². The molecule has 3 rings (SSSR count). The number of nitrogens with one attached hydrogen (secondary N) is 2. The molecule has 0 aliphatic heterocycles. The van der Waals surface area contributed by atoms with Gasteiger partial charge in [0.25, 0.3) is 5.91 Å². The third-order valence-corrected chi connectivity index (χ3v) is 6.34. The number of rotatable bonds is 13. The monoisotopic (exact) mass is 580 g/mol. The number of hydrogen-bond donors (Lipinski definition) is 3. The lowest BCUT2D eigenvalue weighted by Crippen LogP contribution is -2.27. The molecule has 1 atom stereocenters. The molecule has 11 heteroatoms. The number of unbranched alkanes of at least 4 members (excludes halogenated alkanes) is 1. The van der Waals surface area contributed by atoms with Crippen LogP contribution in [0.4, 0.5) is 23.2 Å². The molecular weight excluding hydrogens is 552 g/mol. The van der Waals surface area contributed by atoms with Crippen molar-refractivity contribution < 1.29 is 37.0 Å². The van der Waals surface area contributed by atoms with E-state index in [1.54, 1.807) is 30.3 Å². The molecule has 3 N–H and O–H groups in total. The number of carboxylic acids is 1. The van der Waals surface area contributed by atoms with E-state index in [0.29, 0.717) is 17.4 Å². The molecule has 0 fully saturated rings. The Balaban J connectivity index is 1.64. The molecule has 0 saturated carbocycles. The first-order chi connectivity index (χ1) is 19.0. The number of anilines is 1. The highest BCUT2D eigenvalue weighted by Crippen LogP contribution is 2.36. The molecule has 0 aromatic heterocycles. The standard InChI is InChI=1S/C29H29ClF4N2O4/c1-2-3-4-21(36-20-8-5-18(6-9-20)28(39)35-14-13-27(37)38)17-40-22-10-12-23(25(30)16-22)24-11-7-19(15-26(24)31)29(32,33)34/h5-12,15-16,21,36H,2-4,13-14,17H2,1H3,(H,35,39)(H,37,38)/t21-/m0/s1. The van der Waals surface area contributed by atoms with E-state index in [4.69, 9.17) is 21.4 Å². The van der Waals surface area contributed by atoms with E-state index in [-0.39, 0.29) is 47.7 Å². The number of amides is 1. The highest BCUT2D eigenvalue weighted by Gasteiger charge is 2.31. The van der Waals surface area contributed by atoms with E-state index in [2.05, 4.69) is 17.6 Å². The Morgan fingerprint density at radius 3 is 2.33 bits per heavy atom. The van der Waals surface area contributed by atoms with Crippen LogP contribution in [0.3, 0.4) is 0 Å². The number of hydrogen-bond acceptors (Lipinski definition) is 4. The third-order valence-electron chi connectivity index (χ3n) is 6.03. The van der Waals surface area contributed by atoms with Crippen molar-refractivity contribution in [1.29, 1.82) is 0 Å². The molecule has 40 heavy (non-hydrogen) atoms. The van der Waals surface area contributed by atoms with Crippen molar-refractivity contribution in [1.82, 2.24) is 5.32 Å². The Morgan fingerprint density at radius 2 is 1.73 bits per heavy atom. The second-order valence-corrected chi connectivity index (χ2v) is 9.51. The molecule has 0 aliphatic carbocycles. The van der Waals surface area contributed by atoms with Gasteiger partial charge in [-0.3, -0.25) is 9.59 Å². The molecule has 214 valence electrons. The van der Waals surface area contributed by atoms with E-state index >= 15 is 0 Å². The van der Waals surface area contributed by atoms with Gasteiger partial charge in [0.2, 0.25) is 0 Å². The number of benzene rings is 3. The summed E-state index contributed by atoms with van der Waals surface area (Å²) in [5, 5.41) is 14.7. The summed E-state index contributed by atoms with van der Waals surface area (Å²) < 4.78 is 59.0. The van der Waals surface area contributed by atoms with Gasteiger partial charge in [0.1, 0.15) is 18.2 Å². The minimum Gasteiger partial charge on any atom is -0.491 e. The predicted octanol–water partition coefficient (Wildman–Crippen LogP) is 7.42. The van der Waals surface area contributed by atoms with Crippen LogP contribution in [-0.4, -0.2) is 36.2 Å². The molecule has 3 aromatic rings. The molecule has 3 aromatic carbocycles. The van der Waals surface area contributed by atoms with Crippen molar-refractivity contribution >= 4 is 29.2 Å². The van der Waals surface area contributed by atoms with Crippen LogP contribution in [0.1, 0.15) is 48.5 Å². The summed E-state index contributed by atoms with van der Waals surface area (Å²) in [6.07, 6.45) is -2.13.